The van der Waals surface area contributed by atoms with Crippen molar-refractivity contribution in [3.63, 3.8) is 0 Å². The van der Waals surface area contributed by atoms with Gasteiger partial charge >= 0.3 is 0 Å². The highest BCUT2D eigenvalue weighted by Crippen LogP contribution is 2.29. The maximum Gasteiger partial charge on any atom is 0.240 e. The number of methoxy groups -OCH3 is 2. The largest absolute Gasteiger partial charge is 0.493 e. The highest BCUT2D eigenvalue weighted by molar-refractivity contribution is 7.89. The van der Waals surface area contributed by atoms with Crippen molar-refractivity contribution < 1.29 is 27.4 Å². The summed E-state index contributed by atoms with van der Waals surface area (Å²) in [5.41, 5.74) is 2.52. The van der Waals surface area contributed by atoms with E-state index in [9.17, 15) is 8.42 Å². The minimum Gasteiger partial charge on any atom is -0.493 e. The fourth-order valence-corrected chi connectivity index (χ4v) is 4.23. The zero-order chi connectivity index (χ0) is 23.7. The summed E-state index contributed by atoms with van der Waals surface area (Å²) in [6.07, 6.45) is 0. The smallest absolute Gasteiger partial charge is 0.240 e. The predicted octanol–water partition coefficient (Wildman–Crippen LogP) is 4.09. The van der Waals surface area contributed by atoms with Gasteiger partial charge < -0.3 is 18.9 Å². The second kappa shape index (κ2) is 11.7. The number of ether oxygens (including phenoxy) is 4. The lowest BCUT2D eigenvalue weighted by Crippen LogP contribution is -2.23. The van der Waals surface area contributed by atoms with Crippen molar-refractivity contribution in [3.05, 3.63) is 83.4 Å². The number of aryl methyl sites for hydroxylation is 1. The van der Waals surface area contributed by atoms with Crippen LogP contribution < -0.4 is 18.9 Å². The quantitative estimate of drug-likeness (QED) is 0.401. The van der Waals surface area contributed by atoms with E-state index in [1.165, 1.54) is 6.07 Å². The minimum absolute atomic E-state index is 0.114. The van der Waals surface area contributed by atoms with Crippen molar-refractivity contribution in [2.24, 2.45) is 0 Å². The van der Waals surface area contributed by atoms with Crippen molar-refractivity contribution in [3.8, 4) is 17.2 Å². The van der Waals surface area contributed by atoms with Crippen molar-refractivity contribution in [1.29, 1.82) is 0 Å². The zero-order valence-electron chi connectivity index (χ0n) is 19.0. The summed E-state index contributed by atoms with van der Waals surface area (Å²) in [5, 5.41) is 0. The molecule has 0 saturated carbocycles. The Balaban J connectivity index is 1.64. The van der Waals surface area contributed by atoms with Gasteiger partial charge in [0.05, 0.1) is 18.6 Å². The first-order chi connectivity index (χ1) is 15.9. The first-order valence-electron chi connectivity index (χ1n) is 10.5. The molecular formula is C25H29NO6S. The van der Waals surface area contributed by atoms with Crippen LogP contribution in [0.3, 0.4) is 0 Å². The lowest BCUT2D eigenvalue weighted by Gasteiger charge is -2.14. The van der Waals surface area contributed by atoms with Crippen LogP contribution in [0.5, 0.6) is 17.2 Å². The van der Waals surface area contributed by atoms with Crippen LogP contribution in [-0.2, 0) is 27.9 Å². The third kappa shape index (κ3) is 6.95. The summed E-state index contributed by atoms with van der Waals surface area (Å²) in [6, 6.07) is 19.9. The van der Waals surface area contributed by atoms with E-state index in [4.69, 9.17) is 18.9 Å². The van der Waals surface area contributed by atoms with E-state index in [0.29, 0.717) is 37.1 Å². The molecule has 0 aliphatic heterocycles. The van der Waals surface area contributed by atoms with Crippen molar-refractivity contribution >= 4 is 10.0 Å². The first kappa shape index (κ1) is 24.6. The summed E-state index contributed by atoms with van der Waals surface area (Å²) >= 11 is 0. The molecule has 8 heteroatoms. The molecule has 7 nitrogen and oxygen atoms in total. The Morgan fingerprint density at radius 3 is 2.24 bits per heavy atom. The molecule has 0 unspecified atom stereocenters. The topological polar surface area (TPSA) is 83.1 Å². The van der Waals surface area contributed by atoms with Crippen LogP contribution in [-0.4, -0.2) is 35.9 Å². The van der Waals surface area contributed by atoms with Crippen LogP contribution >= 0.6 is 0 Å². The average molecular weight is 472 g/mol. The molecule has 0 radical (unpaired) electrons. The SMILES string of the molecule is COCCOc1ccc(S(=O)(=O)NCc2ccc(OCc3ccccc3)c(OC)c2)cc1C. The summed E-state index contributed by atoms with van der Waals surface area (Å²) in [5.74, 6) is 1.76. The number of rotatable bonds is 12. The van der Waals surface area contributed by atoms with E-state index in [2.05, 4.69) is 4.72 Å². The Morgan fingerprint density at radius 1 is 0.788 bits per heavy atom. The molecule has 3 aromatic carbocycles. The number of hydrogen-bond donors (Lipinski definition) is 1. The third-order valence-electron chi connectivity index (χ3n) is 4.93. The van der Waals surface area contributed by atoms with Crippen LogP contribution in [0.15, 0.2) is 71.6 Å². The fraction of sp³-hybridized carbons (Fsp3) is 0.280. The predicted molar refractivity (Wildman–Crippen MR) is 126 cm³/mol. The number of sulfonamides is 1. The molecule has 0 fully saturated rings. The molecule has 0 bridgehead atoms. The van der Waals surface area contributed by atoms with Gasteiger partial charge in [-0.3, -0.25) is 0 Å². The molecule has 0 heterocycles. The van der Waals surface area contributed by atoms with Gasteiger partial charge in [-0.2, -0.15) is 0 Å². The maximum atomic E-state index is 12.8. The van der Waals surface area contributed by atoms with Crippen LogP contribution in [0.4, 0.5) is 0 Å². The standard InChI is InChI=1S/C25H29NO6S/c1-19-15-22(10-12-23(19)31-14-13-29-2)33(27,28)26-17-21-9-11-24(25(16-21)30-3)32-18-20-7-5-4-6-8-20/h4-12,15-16,26H,13-14,17-18H2,1-3H3. The monoisotopic (exact) mass is 471 g/mol. The summed E-state index contributed by atoms with van der Waals surface area (Å²) in [4.78, 5) is 0.175. The molecule has 0 saturated heterocycles. The molecule has 0 amide bonds. The Labute approximate surface area is 195 Å². The Bertz CT molecular complexity index is 1150. The van der Waals surface area contributed by atoms with Gasteiger partial charge in [-0.25, -0.2) is 13.1 Å². The van der Waals surface area contributed by atoms with Crippen molar-refractivity contribution in [1.82, 2.24) is 4.72 Å². The van der Waals surface area contributed by atoms with Gasteiger partial charge in [0.1, 0.15) is 19.0 Å². The van der Waals surface area contributed by atoms with Gasteiger partial charge in [-0.05, 0) is 53.9 Å². The molecule has 0 aliphatic rings. The Kier molecular flexibility index (Phi) is 8.71. The lowest BCUT2D eigenvalue weighted by atomic mass is 10.2. The van der Waals surface area contributed by atoms with Crippen LogP contribution in [0, 0.1) is 6.92 Å². The molecule has 0 atom stereocenters. The first-order valence-corrected chi connectivity index (χ1v) is 12.0. The summed E-state index contributed by atoms with van der Waals surface area (Å²) in [7, 11) is -0.552. The molecule has 176 valence electrons. The highest BCUT2D eigenvalue weighted by atomic mass is 32.2. The zero-order valence-corrected chi connectivity index (χ0v) is 19.9. The molecule has 1 N–H and O–H groups in total. The van der Waals surface area contributed by atoms with Gasteiger partial charge in [0.15, 0.2) is 11.5 Å². The minimum atomic E-state index is -3.70. The van der Waals surface area contributed by atoms with Gasteiger partial charge in [0, 0.05) is 13.7 Å². The Morgan fingerprint density at radius 2 is 1.55 bits per heavy atom. The molecule has 3 rings (SSSR count). The third-order valence-corrected chi connectivity index (χ3v) is 6.33. The molecule has 0 aromatic heterocycles. The average Bonchev–Trinajstić information content (AvgIpc) is 2.83. The summed E-state index contributed by atoms with van der Waals surface area (Å²) < 4.78 is 50.1. The van der Waals surface area contributed by atoms with Crippen molar-refractivity contribution in [2.75, 3.05) is 27.4 Å². The van der Waals surface area contributed by atoms with E-state index >= 15 is 0 Å². The van der Waals surface area contributed by atoms with Gasteiger partial charge in [0.2, 0.25) is 10.0 Å². The molecule has 0 spiro atoms. The van der Waals surface area contributed by atoms with Gasteiger partial charge in [-0.15, -0.1) is 0 Å². The highest BCUT2D eigenvalue weighted by Gasteiger charge is 2.16. The number of benzene rings is 3. The normalized spacial score (nSPS) is 11.2. The van der Waals surface area contributed by atoms with Gasteiger partial charge in [-0.1, -0.05) is 36.4 Å². The van der Waals surface area contributed by atoms with E-state index in [0.717, 1.165) is 16.7 Å². The summed E-state index contributed by atoms with van der Waals surface area (Å²) in [6.45, 7) is 3.19. The van der Waals surface area contributed by atoms with E-state index in [-0.39, 0.29) is 11.4 Å². The number of nitrogens with one attached hydrogen (secondary N) is 1. The second-order valence-electron chi connectivity index (χ2n) is 7.35. The van der Waals surface area contributed by atoms with Crippen LogP contribution in [0.1, 0.15) is 16.7 Å². The fourth-order valence-electron chi connectivity index (χ4n) is 3.12. The van der Waals surface area contributed by atoms with Gasteiger partial charge in [0.25, 0.3) is 0 Å². The van der Waals surface area contributed by atoms with E-state index in [1.54, 1.807) is 45.4 Å². The molecule has 0 aliphatic carbocycles. The Hall–Kier alpha value is -3.07. The van der Waals surface area contributed by atoms with E-state index in [1.807, 2.05) is 36.4 Å². The van der Waals surface area contributed by atoms with E-state index < -0.39 is 10.0 Å². The van der Waals surface area contributed by atoms with Crippen LogP contribution in [0.25, 0.3) is 0 Å². The maximum absolute atomic E-state index is 12.8. The lowest BCUT2D eigenvalue weighted by molar-refractivity contribution is 0.146. The molecular weight excluding hydrogens is 442 g/mol. The molecule has 3 aromatic rings. The number of hydrogen-bond acceptors (Lipinski definition) is 6. The molecule has 33 heavy (non-hydrogen) atoms. The van der Waals surface area contributed by atoms with Crippen molar-refractivity contribution in [2.45, 2.75) is 25.0 Å². The van der Waals surface area contributed by atoms with Crippen LogP contribution in [0.2, 0.25) is 0 Å². The second-order valence-corrected chi connectivity index (χ2v) is 9.12.